The first-order valence-corrected chi connectivity index (χ1v) is 11.7. The van der Waals surface area contributed by atoms with E-state index in [2.05, 4.69) is 20.3 Å². The van der Waals surface area contributed by atoms with Gasteiger partial charge in [0.2, 0.25) is 0 Å². The Kier molecular flexibility index (Phi) is 7.96. The maximum atomic E-state index is 12.8. The number of alkyl carbamates (subject to hydrolysis) is 1. The van der Waals surface area contributed by atoms with Crippen LogP contribution in [0.5, 0.6) is 0 Å². The summed E-state index contributed by atoms with van der Waals surface area (Å²) >= 11 is 0. The number of nitrogens with zero attached hydrogens (tertiary/aromatic N) is 4. The van der Waals surface area contributed by atoms with E-state index in [9.17, 15) is 14.7 Å². The van der Waals surface area contributed by atoms with Gasteiger partial charge in [0, 0.05) is 12.5 Å². The van der Waals surface area contributed by atoms with Crippen LogP contribution in [-0.2, 0) is 25.6 Å². The van der Waals surface area contributed by atoms with E-state index >= 15 is 0 Å². The van der Waals surface area contributed by atoms with Crippen LogP contribution in [-0.4, -0.2) is 61.5 Å². The minimum atomic E-state index is -0.725. The molecule has 12 nitrogen and oxygen atoms in total. The van der Waals surface area contributed by atoms with Crippen molar-refractivity contribution in [1.29, 1.82) is 0 Å². The number of anilines is 1. The van der Waals surface area contributed by atoms with Crippen molar-refractivity contribution in [1.82, 2.24) is 24.8 Å². The molecule has 1 amide bonds. The van der Waals surface area contributed by atoms with Crippen LogP contribution in [0.4, 0.5) is 10.6 Å². The lowest BCUT2D eigenvalue weighted by Crippen LogP contribution is -2.41. The molecule has 0 spiro atoms. The number of nitrogen functional groups attached to an aromatic ring is 1. The van der Waals surface area contributed by atoms with Crippen molar-refractivity contribution in [3.63, 3.8) is 0 Å². The van der Waals surface area contributed by atoms with Crippen LogP contribution in [0.1, 0.15) is 38.5 Å². The molecule has 1 aliphatic rings. The van der Waals surface area contributed by atoms with Gasteiger partial charge in [0.15, 0.2) is 11.5 Å². The van der Waals surface area contributed by atoms with Gasteiger partial charge in [-0.1, -0.05) is 44.2 Å². The highest BCUT2D eigenvalue weighted by Gasteiger charge is 2.39. The molecule has 0 radical (unpaired) electrons. The third-order valence-electron chi connectivity index (χ3n) is 6.05. The smallest absolute Gasteiger partial charge is 0.407 e. The molecule has 192 valence electrons. The summed E-state index contributed by atoms with van der Waals surface area (Å²) in [6.07, 6.45) is 0.482. The van der Waals surface area contributed by atoms with Crippen molar-refractivity contribution >= 4 is 29.0 Å². The summed E-state index contributed by atoms with van der Waals surface area (Å²) in [7, 11) is 0. The van der Waals surface area contributed by atoms with Gasteiger partial charge >= 0.3 is 12.1 Å². The van der Waals surface area contributed by atoms with Gasteiger partial charge in [-0.3, -0.25) is 9.36 Å². The van der Waals surface area contributed by atoms with Crippen LogP contribution in [0, 0.1) is 5.92 Å². The first kappa shape index (κ1) is 25.3. The molecule has 4 N–H and O–H groups in total. The molecule has 1 aliphatic heterocycles. The lowest BCUT2D eigenvalue weighted by molar-refractivity contribution is -0.153. The summed E-state index contributed by atoms with van der Waals surface area (Å²) in [5, 5.41) is 12.5. The van der Waals surface area contributed by atoms with Crippen LogP contribution < -0.4 is 11.1 Å². The van der Waals surface area contributed by atoms with Crippen molar-refractivity contribution < 1.29 is 28.9 Å². The zero-order valence-corrected chi connectivity index (χ0v) is 20.1. The quantitative estimate of drug-likeness (QED) is 0.371. The fraction of sp³-hybridized carbons (Fsp3) is 0.458. The van der Waals surface area contributed by atoms with E-state index in [-0.39, 0.29) is 37.8 Å². The highest BCUT2D eigenvalue weighted by molar-refractivity contribution is 5.81. The molecule has 1 aromatic carbocycles. The van der Waals surface area contributed by atoms with Gasteiger partial charge in [-0.25, -0.2) is 19.7 Å². The number of imidazole rings is 1. The number of nitrogens with two attached hydrogens (primary N) is 1. The Morgan fingerprint density at radius 3 is 2.75 bits per heavy atom. The number of carbonyl (C=O) groups is 2. The molecule has 0 saturated carbocycles. The first-order valence-electron chi connectivity index (χ1n) is 11.7. The van der Waals surface area contributed by atoms with Crippen molar-refractivity contribution in [2.45, 2.75) is 57.8 Å². The van der Waals surface area contributed by atoms with Crippen molar-refractivity contribution in [3.05, 3.63) is 48.5 Å². The zero-order chi connectivity index (χ0) is 25.7. The standard InChI is InChI=1S/C24H30N6O6/c1-14(2)16(29-24(33)34-11-15-6-4-3-5-7-15)8-20(32)36-17-9-19(35-18(17)10-31)30-13-28-21-22(25)26-12-27-23(21)30/h3-7,12-14,16-19,31H,8-11H2,1-2H3,(H,29,33)(H2,25,26,27)/t16-,17+,18-,19-/m1/s1. The number of hydrogen-bond acceptors (Lipinski definition) is 10. The average Bonchev–Trinajstić information content (AvgIpc) is 3.47. The Bertz CT molecular complexity index is 1190. The lowest BCUT2D eigenvalue weighted by Gasteiger charge is -2.23. The fourth-order valence-corrected chi connectivity index (χ4v) is 4.01. The number of aliphatic hydroxyl groups is 1. The molecule has 12 heteroatoms. The summed E-state index contributed by atoms with van der Waals surface area (Å²) in [6.45, 7) is 3.56. The van der Waals surface area contributed by atoms with Crippen molar-refractivity contribution in [2.24, 2.45) is 5.92 Å². The second-order valence-corrected chi connectivity index (χ2v) is 8.92. The summed E-state index contributed by atoms with van der Waals surface area (Å²) in [4.78, 5) is 37.4. The van der Waals surface area contributed by atoms with Gasteiger partial charge in [0.25, 0.3) is 0 Å². The number of hydrogen-bond donors (Lipinski definition) is 3. The van der Waals surface area contributed by atoms with Gasteiger partial charge in [-0.05, 0) is 11.5 Å². The summed E-state index contributed by atoms with van der Waals surface area (Å²) in [5.74, 6) is -0.328. The molecule has 0 unspecified atom stereocenters. The number of amides is 1. The highest BCUT2D eigenvalue weighted by Crippen LogP contribution is 2.33. The number of aromatic nitrogens is 4. The molecule has 3 aromatic rings. The minimum Gasteiger partial charge on any atom is -0.459 e. The third kappa shape index (κ3) is 5.89. The van der Waals surface area contributed by atoms with E-state index in [0.717, 1.165) is 5.56 Å². The Hall–Kier alpha value is -3.77. The van der Waals surface area contributed by atoms with Crippen molar-refractivity contribution in [3.8, 4) is 0 Å². The third-order valence-corrected chi connectivity index (χ3v) is 6.05. The number of rotatable bonds is 9. The van der Waals surface area contributed by atoms with E-state index in [1.807, 2.05) is 44.2 Å². The summed E-state index contributed by atoms with van der Waals surface area (Å²) in [5.41, 5.74) is 7.63. The summed E-state index contributed by atoms with van der Waals surface area (Å²) in [6, 6.07) is 8.81. The molecule has 2 aromatic heterocycles. The Balaban J connectivity index is 1.34. The Labute approximate surface area is 207 Å². The van der Waals surface area contributed by atoms with Gasteiger partial charge in [-0.15, -0.1) is 0 Å². The molecule has 0 aliphatic carbocycles. The maximum absolute atomic E-state index is 12.8. The van der Waals surface area contributed by atoms with E-state index < -0.39 is 36.5 Å². The molecule has 4 rings (SSSR count). The second-order valence-electron chi connectivity index (χ2n) is 8.92. The average molecular weight is 499 g/mol. The lowest BCUT2D eigenvalue weighted by atomic mass is 10.0. The zero-order valence-electron chi connectivity index (χ0n) is 20.1. The SMILES string of the molecule is CC(C)[C@@H](CC(=O)O[C@H]1C[C@H](n2cnc3c(N)ncnc32)O[C@@H]1CO)NC(=O)OCc1ccccc1. The van der Waals surface area contributed by atoms with E-state index in [0.29, 0.717) is 11.2 Å². The monoisotopic (exact) mass is 498 g/mol. The first-order chi connectivity index (χ1) is 17.4. The summed E-state index contributed by atoms with van der Waals surface area (Å²) < 4.78 is 18.5. The number of esters is 1. The highest BCUT2D eigenvalue weighted by atomic mass is 16.6. The van der Waals surface area contributed by atoms with E-state index in [1.165, 1.54) is 12.7 Å². The van der Waals surface area contributed by atoms with E-state index in [4.69, 9.17) is 19.9 Å². The molecule has 36 heavy (non-hydrogen) atoms. The number of carbonyl (C=O) groups excluding carboxylic acids is 2. The van der Waals surface area contributed by atoms with Crippen LogP contribution in [0.25, 0.3) is 11.2 Å². The Morgan fingerprint density at radius 1 is 1.25 bits per heavy atom. The van der Waals surface area contributed by atoms with Crippen LogP contribution in [0.15, 0.2) is 43.0 Å². The van der Waals surface area contributed by atoms with Crippen LogP contribution >= 0.6 is 0 Å². The number of benzene rings is 1. The molecule has 3 heterocycles. The molecule has 0 bridgehead atoms. The number of ether oxygens (including phenoxy) is 3. The predicted molar refractivity (Wildman–Crippen MR) is 128 cm³/mol. The number of nitrogens with one attached hydrogen (secondary N) is 1. The molecule has 1 fully saturated rings. The van der Waals surface area contributed by atoms with Gasteiger partial charge in [0.1, 0.15) is 36.9 Å². The minimum absolute atomic E-state index is 0.0505. The van der Waals surface area contributed by atoms with Gasteiger partial charge in [-0.2, -0.15) is 0 Å². The molecular weight excluding hydrogens is 468 g/mol. The predicted octanol–water partition coefficient (Wildman–Crippen LogP) is 1.94. The second kappa shape index (κ2) is 11.3. The maximum Gasteiger partial charge on any atom is 0.407 e. The largest absolute Gasteiger partial charge is 0.459 e. The Morgan fingerprint density at radius 2 is 2.03 bits per heavy atom. The topological polar surface area (TPSA) is 164 Å². The van der Waals surface area contributed by atoms with Crippen LogP contribution in [0.3, 0.4) is 0 Å². The van der Waals surface area contributed by atoms with E-state index in [1.54, 1.807) is 4.57 Å². The molecular formula is C24H30N6O6. The number of aliphatic hydroxyl groups excluding tert-OH is 1. The van der Waals surface area contributed by atoms with Crippen molar-refractivity contribution in [2.75, 3.05) is 12.3 Å². The van der Waals surface area contributed by atoms with Gasteiger partial charge in [0.05, 0.1) is 19.4 Å². The van der Waals surface area contributed by atoms with Crippen LogP contribution in [0.2, 0.25) is 0 Å². The molecule has 4 atom stereocenters. The molecule has 1 saturated heterocycles. The normalized spacial score (nSPS) is 20.4. The number of fused-ring (bicyclic) bond motifs is 1. The fourth-order valence-electron chi connectivity index (χ4n) is 4.01. The van der Waals surface area contributed by atoms with Gasteiger partial charge < -0.3 is 30.4 Å².